The minimum atomic E-state index is 0.0953. The van der Waals surface area contributed by atoms with E-state index in [2.05, 4.69) is 24.3 Å². The molecule has 0 aromatic carbocycles. The van der Waals surface area contributed by atoms with Crippen molar-refractivity contribution in [2.45, 2.75) is 33.7 Å². The number of hydrogen-bond acceptors (Lipinski definition) is 4. The highest BCUT2D eigenvalue weighted by molar-refractivity contribution is 5.30. The number of aliphatic hydroxyl groups is 1. The molecule has 1 rings (SSSR count). The summed E-state index contributed by atoms with van der Waals surface area (Å²) in [6.07, 6.45) is 0.795. The third kappa shape index (κ3) is 3.71. The molecule has 5 heteroatoms. The summed E-state index contributed by atoms with van der Waals surface area (Å²) in [5.74, 6) is 0.806. The van der Waals surface area contributed by atoms with Crippen LogP contribution in [0.4, 0.5) is 0 Å². The van der Waals surface area contributed by atoms with Gasteiger partial charge in [-0.05, 0) is 18.8 Å². The van der Waals surface area contributed by atoms with E-state index in [1.54, 1.807) is 11.8 Å². The van der Waals surface area contributed by atoms with E-state index in [1.165, 1.54) is 0 Å². The summed E-state index contributed by atoms with van der Waals surface area (Å²) in [5, 5.41) is 16.7. The van der Waals surface area contributed by atoms with Gasteiger partial charge in [-0.2, -0.15) is 5.10 Å². The van der Waals surface area contributed by atoms with Gasteiger partial charge in [0.1, 0.15) is 0 Å². The van der Waals surface area contributed by atoms with E-state index in [9.17, 15) is 0 Å². The Hall–Kier alpha value is -1.07. The van der Waals surface area contributed by atoms with E-state index in [1.807, 2.05) is 14.0 Å². The summed E-state index contributed by atoms with van der Waals surface area (Å²) in [5.41, 5.74) is 2.18. The van der Waals surface area contributed by atoms with Crippen molar-refractivity contribution in [3.05, 3.63) is 11.3 Å². The van der Waals surface area contributed by atoms with E-state index in [0.717, 1.165) is 36.6 Å². The number of aromatic nitrogens is 2. The lowest BCUT2D eigenvalue weighted by Gasteiger charge is -2.24. The Morgan fingerprint density at radius 1 is 1.44 bits per heavy atom. The van der Waals surface area contributed by atoms with Crippen LogP contribution in [-0.2, 0) is 13.6 Å². The summed E-state index contributed by atoms with van der Waals surface area (Å²) < 4.78 is 7.10. The smallest absolute Gasteiger partial charge is 0.216 e. The Balaban J connectivity index is 2.59. The average Bonchev–Trinajstić information content (AvgIpc) is 2.53. The molecule has 0 amide bonds. The van der Waals surface area contributed by atoms with Crippen molar-refractivity contribution in [2.75, 3.05) is 20.3 Å². The SMILES string of the molecule is COc1c(CNCC(C)(C)CCO)c(C)nn1C. The second-order valence-corrected chi connectivity index (χ2v) is 5.44. The predicted molar refractivity (Wildman–Crippen MR) is 71.7 cm³/mol. The lowest BCUT2D eigenvalue weighted by molar-refractivity contribution is 0.207. The number of aryl methyl sites for hydroxylation is 2. The van der Waals surface area contributed by atoms with Crippen LogP contribution >= 0.6 is 0 Å². The molecule has 0 aliphatic carbocycles. The van der Waals surface area contributed by atoms with Gasteiger partial charge in [-0.25, -0.2) is 4.68 Å². The molecule has 0 atom stereocenters. The maximum Gasteiger partial charge on any atom is 0.216 e. The molecule has 0 saturated carbocycles. The number of ether oxygens (including phenoxy) is 1. The molecule has 5 nitrogen and oxygen atoms in total. The van der Waals surface area contributed by atoms with Crippen LogP contribution < -0.4 is 10.1 Å². The van der Waals surface area contributed by atoms with Crippen molar-refractivity contribution in [2.24, 2.45) is 12.5 Å². The average molecular weight is 255 g/mol. The van der Waals surface area contributed by atoms with Crippen LogP contribution in [0.5, 0.6) is 5.88 Å². The summed E-state index contributed by atoms with van der Waals surface area (Å²) in [6, 6.07) is 0. The Labute approximate surface area is 109 Å². The Kier molecular flexibility index (Phi) is 5.16. The predicted octanol–water partition coefficient (Wildman–Crippen LogP) is 1.24. The Morgan fingerprint density at radius 2 is 2.11 bits per heavy atom. The molecule has 1 heterocycles. The van der Waals surface area contributed by atoms with Gasteiger partial charge in [0, 0.05) is 26.7 Å². The van der Waals surface area contributed by atoms with Gasteiger partial charge in [-0.3, -0.25) is 0 Å². The van der Waals surface area contributed by atoms with Gasteiger partial charge >= 0.3 is 0 Å². The second kappa shape index (κ2) is 6.20. The highest BCUT2D eigenvalue weighted by Crippen LogP contribution is 2.22. The first kappa shape index (κ1) is 15.0. The number of nitrogens with zero attached hydrogens (tertiary/aromatic N) is 2. The quantitative estimate of drug-likeness (QED) is 0.769. The summed E-state index contributed by atoms with van der Waals surface area (Å²) in [6.45, 7) is 8.08. The zero-order valence-corrected chi connectivity index (χ0v) is 12.1. The molecule has 0 radical (unpaired) electrons. The lowest BCUT2D eigenvalue weighted by Crippen LogP contribution is -2.30. The standard InChI is InChI=1S/C13H25N3O2/c1-10-11(12(18-5)16(4)15-10)8-14-9-13(2,3)6-7-17/h14,17H,6-9H2,1-5H3. The molecule has 1 aromatic rings. The molecular formula is C13H25N3O2. The van der Waals surface area contributed by atoms with Gasteiger partial charge in [-0.1, -0.05) is 13.8 Å². The van der Waals surface area contributed by atoms with E-state index in [-0.39, 0.29) is 12.0 Å². The molecule has 0 aliphatic rings. The molecule has 0 aliphatic heterocycles. The van der Waals surface area contributed by atoms with Gasteiger partial charge in [0.2, 0.25) is 5.88 Å². The molecule has 0 spiro atoms. The van der Waals surface area contributed by atoms with E-state index in [4.69, 9.17) is 9.84 Å². The fourth-order valence-electron chi connectivity index (χ4n) is 2.06. The Morgan fingerprint density at radius 3 is 2.67 bits per heavy atom. The number of aliphatic hydroxyl groups excluding tert-OH is 1. The van der Waals surface area contributed by atoms with Crippen LogP contribution in [0, 0.1) is 12.3 Å². The van der Waals surface area contributed by atoms with Crippen LogP contribution in [-0.4, -0.2) is 35.1 Å². The van der Waals surface area contributed by atoms with Crippen molar-refractivity contribution in [3.8, 4) is 5.88 Å². The van der Waals surface area contributed by atoms with Crippen molar-refractivity contribution in [1.82, 2.24) is 15.1 Å². The fourth-order valence-corrected chi connectivity index (χ4v) is 2.06. The van der Waals surface area contributed by atoms with Crippen LogP contribution in [0.1, 0.15) is 31.5 Å². The molecule has 104 valence electrons. The third-order valence-corrected chi connectivity index (χ3v) is 3.18. The van der Waals surface area contributed by atoms with Gasteiger partial charge in [0.05, 0.1) is 18.4 Å². The van der Waals surface area contributed by atoms with Crippen molar-refractivity contribution >= 4 is 0 Å². The number of methoxy groups -OCH3 is 1. The van der Waals surface area contributed by atoms with E-state index in [0.29, 0.717) is 0 Å². The largest absolute Gasteiger partial charge is 0.481 e. The van der Waals surface area contributed by atoms with Crippen LogP contribution in [0.3, 0.4) is 0 Å². The molecule has 0 bridgehead atoms. The first-order chi connectivity index (χ1) is 8.41. The number of hydrogen-bond donors (Lipinski definition) is 2. The fraction of sp³-hybridized carbons (Fsp3) is 0.769. The van der Waals surface area contributed by atoms with Gasteiger partial charge in [0.15, 0.2) is 0 Å². The maximum absolute atomic E-state index is 8.99. The van der Waals surface area contributed by atoms with Crippen LogP contribution in [0.25, 0.3) is 0 Å². The maximum atomic E-state index is 8.99. The molecule has 0 unspecified atom stereocenters. The first-order valence-corrected chi connectivity index (χ1v) is 6.29. The molecule has 0 saturated heterocycles. The lowest BCUT2D eigenvalue weighted by atomic mass is 9.90. The molecule has 0 fully saturated rings. The monoisotopic (exact) mass is 255 g/mol. The van der Waals surface area contributed by atoms with Crippen molar-refractivity contribution in [3.63, 3.8) is 0 Å². The van der Waals surface area contributed by atoms with Gasteiger partial charge < -0.3 is 15.2 Å². The first-order valence-electron chi connectivity index (χ1n) is 6.29. The zero-order chi connectivity index (χ0) is 13.8. The van der Waals surface area contributed by atoms with E-state index < -0.39 is 0 Å². The highest BCUT2D eigenvalue weighted by Gasteiger charge is 2.18. The minimum absolute atomic E-state index is 0.0953. The number of nitrogens with one attached hydrogen (secondary N) is 1. The van der Waals surface area contributed by atoms with E-state index >= 15 is 0 Å². The molecule has 18 heavy (non-hydrogen) atoms. The third-order valence-electron chi connectivity index (χ3n) is 3.18. The van der Waals surface area contributed by atoms with Gasteiger partial charge in [0.25, 0.3) is 0 Å². The zero-order valence-electron chi connectivity index (χ0n) is 12.1. The highest BCUT2D eigenvalue weighted by atomic mass is 16.5. The molecule has 1 aromatic heterocycles. The van der Waals surface area contributed by atoms with Crippen LogP contribution in [0.15, 0.2) is 0 Å². The van der Waals surface area contributed by atoms with Crippen molar-refractivity contribution in [1.29, 1.82) is 0 Å². The second-order valence-electron chi connectivity index (χ2n) is 5.44. The molecular weight excluding hydrogens is 230 g/mol. The topological polar surface area (TPSA) is 59.3 Å². The van der Waals surface area contributed by atoms with Gasteiger partial charge in [-0.15, -0.1) is 0 Å². The molecule has 2 N–H and O–H groups in total. The summed E-state index contributed by atoms with van der Waals surface area (Å²) >= 11 is 0. The van der Waals surface area contributed by atoms with Crippen LogP contribution in [0.2, 0.25) is 0 Å². The Bertz CT molecular complexity index is 386. The summed E-state index contributed by atoms with van der Waals surface area (Å²) in [7, 11) is 3.54. The normalized spacial score (nSPS) is 11.9. The summed E-state index contributed by atoms with van der Waals surface area (Å²) in [4.78, 5) is 0. The minimum Gasteiger partial charge on any atom is -0.481 e. The number of rotatable bonds is 7. The van der Waals surface area contributed by atoms with Crippen molar-refractivity contribution < 1.29 is 9.84 Å².